The van der Waals surface area contributed by atoms with Gasteiger partial charge in [-0.05, 0) is 46.8 Å². The summed E-state index contributed by atoms with van der Waals surface area (Å²) in [4.78, 5) is 9.50. The smallest absolute Gasteiger partial charge is 0.0714 e. The minimum atomic E-state index is 1.02. The molecule has 2 aromatic heterocycles. The van der Waals surface area contributed by atoms with Crippen LogP contribution in [0.2, 0.25) is 0 Å². The van der Waals surface area contributed by atoms with Crippen LogP contribution in [0.15, 0.2) is 97.2 Å². The zero-order valence-electron chi connectivity index (χ0n) is 15.1. The van der Waals surface area contributed by atoms with Crippen LogP contribution in [0.5, 0.6) is 0 Å². The average Bonchev–Trinajstić information content (AvgIpc) is 2.76. The molecular weight excluding hydrogens is 340 g/mol. The third-order valence-electron chi connectivity index (χ3n) is 5.44. The van der Waals surface area contributed by atoms with Gasteiger partial charge in [-0.1, -0.05) is 60.7 Å². The first-order valence-electron chi connectivity index (χ1n) is 9.43. The Hall–Kier alpha value is -3.78. The van der Waals surface area contributed by atoms with Gasteiger partial charge < -0.3 is 0 Å². The number of aromatic nitrogens is 2. The Morgan fingerprint density at radius 2 is 1.32 bits per heavy atom. The molecule has 0 amide bonds. The Morgan fingerprint density at radius 3 is 2.29 bits per heavy atom. The van der Waals surface area contributed by atoms with Gasteiger partial charge in [0, 0.05) is 27.7 Å². The molecule has 0 saturated carbocycles. The molecule has 2 nitrogen and oxygen atoms in total. The average molecular weight is 356 g/mol. The normalized spacial score (nSPS) is 11.6. The van der Waals surface area contributed by atoms with E-state index in [1.807, 2.05) is 12.3 Å². The minimum absolute atomic E-state index is 1.02. The van der Waals surface area contributed by atoms with E-state index < -0.39 is 0 Å². The van der Waals surface area contributed by atoms with Crippen LogP contribution in [0.25, 0.3) is 54.6 Å². The van der Waals surface area contributed by atoms with E-state index in [0.717, 1.165) is 32.7 Å². The molecule has 0 aliphatic carbocycles. The summed E-state index contributed by atoms with van der Waals surface area (Å²) >= 11 is 0. The summed E-state index contributed by atoms with van der Waals surface area (Å²) in [6.07, 6.45) is 1.96. The predicted octanol–water partition coefficient (Wildman–Crippen LogP) is 6.76. The molecule has 0 radical (unpaired) electrons. The summed E-state index contributed by atoms with van der Waals surface area (Å²) in [6, 6.07) is 31.8. The Kier molecular flexibility index (Phi) is 3.20. The van der Waals surface area contributed by atoms with Crippen molar-refractivity contribution in [1.29, 1.82) is 0 Å². The molecule has 28 heavy (non-hydrogen) atoms. The van der Waals surface area contributed by atoms with E-state index in [9.17, 15) is 0 Å². The molecule has 6 aromatic rings. The highest BCUT2D eigenvalue weighted by molar-refractivity contribution is 6.13. The molecule has 0 spiro atoms. The lowest BCUT2D eigenvalue weighted by molar-refractivity contribution is 1.44. The first-order valence-corrected chi connectivity index (χ1v) is 9.43. The standard InChI is InChI=1S/C26H16N2/c1-3-8-22-19(7-1)16-27-25-11-5-9-21(26(22)25)17-12-13-24-20(14-17)15-18-6-2-4-10-23(18)28-24/h1-16H. The number of hydrogen-bond donors (Lipinski definition) is 0. The van der Waals surface area contributed by atoms with Gasteiger partial charge in [0.1, 0.15) is 0 Å². The van der Waals surface area contributed by atoms with Crippen molar-refractivity contribution in [3.8, 4) is 11.1 Å². The number of nitrogens with zero attached hydrogens (tertiary/aromatic N) is 2. The second kappa shape index (κ2) is 5.86. The molecule has 2 heteroatoms. The van der Waals surface area contributed by atoms with E-state index in [1.54, 1.807) is 0 Å². The van der Waals surface area contributed by atoms with Crippen LogP contribution in [0, 0.1) is 0 Å². The van der Waals surface area contributed by atoms with Gasteiger partial charge in [0.25, 0.3) is 0 Å². The van der Waals surface area contributed by atoms with Crippen LogP contribution in [0.4, 0.5) is 0 Å². The number of fused-ring (bicyclic) bond motifs is 5. The maximum Gasteiger partial charge on any atom is 0.0714 e. The van der Waals surface area contributed by atoms with Crippen LogP contribution in [0.3, 0.4) is 0 Å². The number of pyridine rings is 2. The third-order valence-corrected chi connectivity index (χ3v) is 5.44. The van der Waals surface area contributed by atoms with Crippen molar-refractivity contribution in [2.75, 3.05) is 0 Å². The highest BCUT2D eigenvalue weighted by atomic mass is 14.7. The molecule has 2 heterocycles. The Bertz CT molecular complexity index is 1520. The van der Waals surface area contributed by atoms with E-state index in [0.29, 0.717) is 0 Å². The molecule has 0 saturated heterocycles. The van der Waals surface area contributed by atoms with Gasteiger partial charge >= 0.3 is 0 Å². The molecular formula is C26H16N2. The topological polar surface area (TPSA) is 25.8 Å². The lowest BCUT2D eigenvalue weighted by atomic mass is 9.95. The van der Waals surface area contributed by atoms with Gasteiger partial charge in [-0.3, -0.25) is 4.98 Å². The summed E-state index contributed by atoms with van der Waals surface area (Å²) < 4.78 is 0. The van der Waals surface area contributed by atoms with Gasteiger partial charge in [0.15, 0.2) is 0 Å². The maximum atomic E-state index is 4.81. The molecule has 0 bridgehead atoms. The van der Waals surface area contributed by atoms with Gasteiger partial charge in [-0.2, -0.15) is 0 Å². The summed E-state index contributed by atoms with van der Waals surface area (Å²) in [5.74, 6) is 0. The Labute approximate surface area is 162 Å². The highest BCUT2D eigenvalue weighted by Gasteiger charge is 2.10. The Morgan fingerprint density at radius 1 is 0.536 bits per heavy atom. The molecule has 130 valence electrons. The second-order valence-electron chi connectivity index (χ2n) is 7.13. The van der Waals surface area contributed by atoms with Crippen LogP contribution in [0.1, 0.15) is 0 Å². The molecule has 0 fully saturated rings. The van der Waals surface area contributed by atoms with Gasteiger partial charge in [0.2, 0.25) is 0 Å². The fourth-order valence-electron chi connectivity index (χ4n) is 4.10. The fraction of sp³-hybridized carbons (Fsp3) is 0. The summed E-state index contributed by atoms with van der Waals surface area (Å²) in [6.45, 7) is 0. The highest BCUT2D eigenvalue weighted by Crippen LogP contribution is 2.34. The Balaban J connectivity index is 1.67. The summed E-state index contributed by atoms with van der Waals surface area (Å²) in [5, 5.41) is 5.92. The molecule has 0 N–H and O–H groups in total. The number of benzene rings is 4. The van der Waals surface area contributed by atoms with Crippen molar-refractivity contribution >= 4 is 43.5 Å². The third kappa shape index (κ3) is 2.28. The molecule has 0 unspecified atom stereocenters. The van der Waals surface area contributed by atoms with Crippen molar-refractivity contribution in [2.45, 2.75) is 0 Å². The van der Waals surface area contributed by atoms with E-state index >= 15 is 0 Å². The van der Waals surface area contributed by atoms with Crippen LogP contribution in [-0.2, 0) is 0 Å². The van der Waals surface area contributed by atoms with Crippen LogP contribution < -0.4 is 0 Å². The number of rotatable bonds is 1. The zero-order valence-corrected chi connectivity index (χ0v) is 15.1. The first-order chi connectivity index (χ1) is 13.9. The maximum absolute atomic E-state index is 4.81. The molecule has 0 aliphatic rings. The van der Waals surface area contributed by atoms with Crippen molar-refractivity contribution in [2.24, 2.45) is 0 Å². The zero-order chi connectivity index (χ0) is 18.5. The van der Waals surface area contributed by atoms with Crippen LogP contribution >= 0.6 is 0 Å². The fourth-order valence-corrected chi connectivity index (χ4v) is 4.10. The van der Waals surface area contributed by atoms with Gasteiger partial charge in [-0.25, -0.2) is 4.98 Å². The molecule has 0 aliphatic heterocycles. The number of hydrogen-bond acceptors (Lipinski definition) is 2. The number of para-hydroxylation sites is 1. The SMILES string of the molecule is c1ccc2nc3ccc(-c4cccc5ncc6ccccc6c45)cc3cc2c1. The van der Waals surface area contributed by atoms with E-state index in [4.69, 9.17) is 4.98 Å². The largest absolute Gasteiger partial charge is 0.256 e. The van der Waals surface area contributed by atoms with Gasteiger partial charge in [0.05, 0.1) is 16.6 Å². The lowest BCUT2D eigenvalue weighted by Gasteiger charge is -2.11. The summed E-state index contributed by atoms with van der Waals surface area (Å²) in [5.41, 5.74) is 5.46. The molecule has 0 atom stereocenters. The summed E-state index contributed by atoms with van der Waals surface area (Å²) in [7, 11) is 0. The van der Waals surface area contributed by atoms with Gasteiger partial charge in [-0.15, -0.1) is 0 Å². The molecule has 6 rings (SSSR count). The second-order valence-corrected chi connectivity index (χ2v) is 7.13. The van der Waals surface area contributed by atoms with Crippen molar-refractivity contribution in [3.05, 3.63) is 97.2 Å². The van der Waals surface area contributed by atoms with E-state index in [2.05, 4.69) is 89.9 Å². The first kappa shape index (κ1) is 15.3. The monoisotopic (exact) mass is 356 g/mol. The van der Waals surface area contributed by atoms with Crippen molar-refractivity contribution in [1.82, 2.24) is 9.97 Å². The van der Waals surface area contributed by atoms with Crippen LogP contribution in [-0.4, -0.2) is 9.97 Å². The van der Waals surface area contributed by atoms with Crippen molar-refractivity contribution in [3.63, 3.8) is 0 Å². The van der Waals surface area contributed by atoms with E-state index in [-0.39, 0.29) is 0 Å². The quantitative estimate of drug-likeness (QED) is 0.240. The lowest BCUT2D eigenvalue weighted by Crippen LogP contribution is -1.88. The van der Waals surface area contributed by atoms with Crippen molar-refractivity contribution < 1.29 is 0 Å². The van der Waals surface area contributed by atoms with E-state index in [1.165, 1.54) is 21.9 Å². The minimum Gasteiger partial charge on any atom is -0.256 e. The predicted molar refractivity (Wildman–Crippen MR) is 117 cm³/mol. The molecule has 4 aromatic carbocycles.